The average Bonchev–Trinajstić information content (AvgIpc) is 2.01. The summed E-state index contributed by atoms with van der Waals surface area (Å²) in [6.45, 7) is 1.38. The Morgan fingerprint density at radius 1 is 0.933 bits per heavy atom. The van der Waals surface area contributed by atoms with E-state index in [0.29, 0.717) is 6.92 Å². The van der Waals surface area contributed by atoms with E-state index >= 15 is 0 Å². The van der Waals surface area contributed by atoms with Crippen LogP contribution in [0.25, 0.3) is 0 Å². The summed E-state index contributed by atoms with van der Waals surface area (Å²) in [5.74, 6) is -10.4. The van der Waals surface area contributed by atoms with Crippen molar-refractivity contribution in [2.75, 3.05) is 0 Å². The van der Waals surface area contributed by atoms with Crippen molar-refractivity contribution >= 4 is 0 Å². The van der Waals surface area contributed by atoms with Crippen LogP contribution in [0.2, 0.25) is 0 Å². The Morgan fingerprint density at radius 3 is 1.47 bits per heavy atom. The van der Waals surface area contributed by atoms with Crippen LogP contribution in [0.1, 0.15) is 20.3 Å². The van der Waals surface area contributed by atoms with Gasteiger partial charge < -0.3 is 15.3 Å². The molecule has 92 valence electrons. The van der Waals surface area contributed by atoms with Gasteiger partial charge in [0.05, 0.1) is 0 Å². The molecule has 0 heterocycles. The van der Waals surface area contributed by atoms with Crippen LogP contribution < -0.4 is 0 Å². The van der Waals surface area contributed by atoms with Gasteiger partial charge in [0.15, 0.2) is 0 Å². The Hall–Kier alpha value is -0.470. The zero-order valence-corrected chi connectivity index (χ0v) is 7.94. The number of aliphatic hydroxyl groups is 3. The Kier molecular flexibility index (Phi) is 3.42. The predicted octanol–water partition coefficient (Wildman–Crippen LogP) is 1.03. The quantitative estimate of drug-likeness (QED) is 0.508. The van der Waals surface area contributed by atoms with E-state index in [1.807, 2.05) is 0 Å². The van der Waals surface area contributed by atoms with E-state index in [9.17, 15) is 22.0 Å². The fourth-order valence-electron chi connectivity index (χ4n) is 0.776. The maximum Gasteiger partial charge on any atom is 0.449 e. The molecule has 0 aliphatic rings. The third-order valence-corrected chi connectivity index (χ3v) is 2.20. The monoisotopic (exact) mass is 238 g/mol. The van der Waals surface area contributed by atoms with Crippen molar-refractivity contribution in [3.63, 3.8) is 0 Å². The van der Waals surface area contributed by atoms with Gasteiger partial charge in [-0.25, -0.2) is 0 Å². The maximum absolute atomic E-state index is 13.0. The number of halogens is 5. The first-order chi connectivity index (χ1) is 6.31. The molecule has 0 spiro atoms. The van der Waals surface area contributed by atoms with Crippen LogP contribution in [0.15, 0.2) is 0 Å². The average molecular weight is 238 g/mol. The van der Waals surface area contributed by atoms with E-state index < -0.39 is 29.9 Å². The Labute approximate surface area is 82.1 Å². The SMILES string of the molecule is CCC(C)(O)C(F)(F)C(O)(O)C(F)(F)F. The minimum Gasteiger partial charge on any atom is -0.384 e. The van der Waals surface area contributed by atoms with Crippen LogP contribution in [0.5, 0.6) is 0 Å². The van der Waals surface area contributed by atoms with Gasteiger partial charge in [0.25, 0.3) is 0 Å². The van der Waals surface area contributed by atoms with Crippen LogP contribution in [-0.4, -0.2) is 38.8 Å². The van der Waals surface area contributed by atoms with Gasteiger partial charge >= 0.3 is 17.9 Å². The van der Waals surface area contributed by atoms with Crippen molar-refractivity contribution in [3.8, 4) is 0 Å². The molecule has 0 aliphatic carbocycles. The molecule has 3 nitrogen and oxygen atoms in total. The molecule has 0 saturated carbocycles. The van der Waals surface area contributed by atoms with E-state index in [-0.39, 0.29) is 0 Å². The zero-order valence-electron chi connectivity index (χ0n) is 7.94. The molecular weight excluding hydrogens is 227 g/mol. The molecule has 0 fully saturated rings. The van der Waals surface area contributed by atoms with Crippen LogP contribution in [0, 0.1) is 0 Å². The third-order valence-electron chi connectivity index (χ3n) is 2.20. The molecule has 0 saturated heterocycles. The minimum atomic E-state index is -5.96. The molecule has 0 bridgehead atoms. The van der Waals surface area contributed by atoms with Crippen molar-refractivity contribution in [2.45, 2.75) is 43.8 Å². The van der Waals surface area contributed by atoms with Gasteiger partial charge in [-0.05, 0) is 13.3 Å². The number of hydrogen-bond acceptors (Lipinski definition) is 3. The third kappa shape index (κ3) is 2.06. The van der Waals surface area contributed by atoms with Gasteiger partial charge in [-0.15, -0.1) is 0 Å². The predicted molar refractivity (Wildman–Crippen MR) is 39.1 cm³/mol. The molecule has 3 N–H and O–H groups in total. The molecule has 0 aromatic heterocycles. The Morgan fingerprint density at radius 2 is 1.27 bits per heavy atom. The summed E-state index contributed by atoms with van der Waals surface area (Å²) in [6, 6.07) is 0. The lowest BCUT2D eigenvalue weighted by atomic mass is 9.88. The lowest BCUT2D eigenvalue weighted by Gasteiger charge is -2.40. The lowest BCUT2D eigenvalue weighted by molar-refractivity contribution is -0.440. The van der Waals surface area contributed by atoms with Gasteiger partial charge in [0.2, 0.25) is 0 Å². The molecule has 0 aromatic rings. The second-order valence-electron chi connectivity index (χ2n) is 3.37. The molecule has 0 aliphatic heterocycles. The maximum atomic E-state index is 13.0. The Balaban J connectivity index is 5.38. The fourth-order valence-corrected chi connectivity index (χ4v) is 0.776. The number of rotatable bonds is 3. The molecule has 1 unspecified atom stereocenters. The van der Waals surface area contributed by atoms with Crippen LogP contribution >= 0.6 is 0 Å². The Bertz CT molecular complexity index is 233. The molecule has 15 heavy (non-hydrogen) atoms. The molecule has 0 radical (unpaired) electrons. The lowest BCUT2D eigenvalue weighted by Crippen LogP contribution is -2.67. The largest absolute Gasteiger partial charge is 0.449 e. The summed E-state index contributed by atoms with van der Waals surface area (Å²) in [6.07, 6.45) is -6.74. The van der Waals surface area contributed by atoms with Crippen molar-refractivity contribution in [3.05, 3.63) is 0 Å². The molecule has 0 rings (SSSR count). The zero-order chi connectivity index (χ0) is 12.7. The van der Waals surface area contributed by atoms with Crippen molar-refractivity contribution in [1.82, 2.24) is 0 Å². The summed E-state index contributed by atoms with van der Waals surface area (Å²) >= 11 is 0. The summed E-state index contributed by atoms with van der Waals surface area (Å²) in [7, 11) is 0. The van der Waals surface area contributed by atoms with Crippen molar-refractivity contribution in [1.29, 1.82) is 0 Å². The topological polar surface area (TPSA) is 60.7 Å². The summed E-state index contributed by atoms with van der Waals surface area (Å²) in [4.78, 5) is 0. The van der Waals surface area contributed by atoms with E-state index in [1.165, 1.54) is 0 Å². The molecule has 0 aromatic carbocycles. The van der Waals surface area contributed by atoms with Gasteiger partial charge in [-0.3, -0.25) is 0 Å². The molecule has 0 amide bonds. The smallest absolute Gasteiger partial charge is 0.384 e. The van der Waals surface area contributed by atoms with Crippen LogP contribution in [0.4, 0.5) is 22.0 Å². The van der Waals surface area contributed by atoms with Crippen LogP contribution in [0.3, 0.4) is 0 Å². The van der Waals surface area contributed by atoms with E-state index in [4.69, 9.17) is 15.3 Å². The highest BCUT2D eigenvalue weighted by Crippen LogP contribution is 2.46. The summed E-state index contributed by atoms with van der Waals surface area (Å²) in [5, 5.41) is 25.7. The van der Waals surface area contributed by atoms with Gasteiger partial charge in [-0.2, -0.15) is 22.0 Å². The van der Waals surface area contributed by atoms with Crippen molar-refractivity contribution in [2.24, 2.45) is 0 Å². The second-order valence-corrected chi connectivity index (χ2v) is 3.37. The first kappa shape index (κ1) is 14.5. The van der Waals surface area contributed by atoms with E-state index in [0.717, 1.165) is 6.92 Å². The first-order valence-corrected chi connectivity index (χ1v) is 3.93. The van der Waals surface area contributed by atoms with Crippen molar-refractivity contribution < 1.29 is 37.3 Å². The molecular formula is C7H11F5O3. The summed E-state index contributed by atoms with van der Waals surface area (Å²) < 4.78 is 61.7. The number of alkyl halides is 5. The normalized spacial score (nSPS) is 18.8. The van der Waals surface area contributed by atoms with E-state index in [1.54, 1.807) is 0 Å². The standard InChI is InChI=1S/C7H11F5O3/c1-3-4(2,13)5(8,9)6(14,15)7(10,11)12/h13-15H,3H2,1-2H3. The summed E-state index contributed by atoms with van der Waals surface area (Å²) in [5.41, 5.74) is -3.17. The number of hydrogen-bond donors (Lipinski definition) is 3. The molecule has 8 heteroatoms. The van der Waals surface area contributed by atoms with Crippen LogP contribution in [-0.2, 0) is 0 Å². The molecule has 1 atom stereocenters. The highest BCUT2D eigenvalue weighted by Gasteiger charge is 2.74. The van der Waals surface area contributed by atoms with E-state index in [2.05, 4.69) is 0 Å². The van der Waals surface area contributed by atoms with Gasteiger partial charge in [-0.1, -0.05) is 6.92 Å². The highest BCUT2D eigenvalue weighted by atomic mass is 19.4. The van der Waals surface area contributed by atoms with Gasteiger partial charge in [0.1, 0.15) is 5.60 Å². The first-order valence-electron chi connectivity index (χ1n) is 3.93. The second kappa shape index (κ2) is 3.53. The van der Waals surface area contributed by atoms with Gasteiger partial charge in [0, 0.05) is 0 Å². The highest BCUT2D eigenvalue weighted by molar-refractivity contribution is 5.01. The minimum absolute atomic E-state index is 0.389. The fraction of sp³-hybridized carbons (Fsp3) is 1.00.